The van der Waals surface area contributed by atoms with Gasteiger partial charge in [0.2, 0.25) is 5.91 Å². The molecule has 0 radical (unpaired) electrons. The third kappa shape index (κ3) is 6.42. The minimum absolute atomic E-state index is 0.0770. The van der Waals surface area contributed by atoms with Gasteiger partial charge in [0.25, 0.3) is 5.91 Å². The van der Waals surface area contributed by atoms with Gasteiger partial charge < -0.3 is 15.1 Å². The highest BCUT2D eigenvalue weighted by Gasteiger charge is 2.27. The van der Waals surface area contributed by atoms with E-state index in [4.69, 9.17) is 0 Å². The molecule has 7 heteroatoms. The quantitative estimate of drug-likeness (QED) is 0.588. The number of piperidine rings is 1. The van der Waals surface area contributed by atoms with Gasteiger partial charge in [-0.2, -0.15) is 0 Å². The van der Waals surface area contributed by atoms with Gasteiger partial charge in [0.05, 0.1) is 5.69 Å². The van der Waals surface area contributed by atoms with E-state index in [1.807, 2.05) is 11.8 Å². The molecule has 3 heterocycles. The van der Waals surface area contributed by atoms with Crippen molar-refractivity contribution in [2.45, 2.75) is 52.4 Å². The molecule has 0 unspecified atom stereocenters. The van der Waals surface area contributed by atoms with Gasteiger partial charge in [-0.05, 0) is 71.5 Å². The summed E-state index contributed by atoms with van der Waals surface area (Å²) in [6.07, 6.45) is 5.99. The fourth-order valence-corrected chi connectivity index (χ4v) is 5.81. The van der Waals surface area contributed by atoms with Crippen LogP contribution in [0.25, 0.3) is 10.6 Å². The molecule has 0 spiro atoms. The summed E-state index contributed by atoms with van der Waals surface area (Å²) in [6, 6.07) is 8.26. The molecule has 0 aliphatic carbocycles. The molecule has 0 atom stereocenters. The van der Waals surface area contributed by atoms with E-state index in [2.05, 4.69) is 46.4 Å². The summed E-state index contributed by atoms with van der Waals surface area (Å²) in [5.41, 5.74) is 3.07. The van der Waals surface area contributed by atoms with Crippen LogP contribution in [0, 0.1) is 19.8 Å². The summed E-state index contributed by atoms with van der Waals surface area (Å²) < 4.78 is 0. The van der Waals surface area contributed by atoms with Gasteiger partial charge in [-0.15, -0.1) is 11.3 Å². The average Bonchev–Trinajstić information content (AvgIpc) is 3.47. The van der Waals surface area contributed by atoms with Crippen LogP contribution in [-0.4, -0.2) is 65.9 Å². The standard InChI is InChI=1S/C26H36N4O2S/c1-19-6-8-22(9-7-19)25-28-20(2)24(33-25)26(32)30-16-10-21(11-17-30)18-23(31)27-12-5-15-29-13-3-4-14-29/h6-9,21H,3-5,10-18H2,1-2H3,(H,27,31). The smallest absolute Gasteiger partial charge is 0.265 e. The largest absolute Gasteiger partial charge is 0.356 e. The Morgan fingerprint density at radius 2 is 1.76 bits per heavy atom. The number of thiazole rings is 1. The number of amides is 2. The Morgan fingerprint density at radius 3 is 2.45 bits per heavy atom. The van der Waals surface area contributed by atoms with Crippen LogP contribution >= 0.6 is 11.3 Å². The number of carbonyl (C=O) groups is 2. The molecule has 33 heavy (non-hydrogen) atoms. The van der Waals surface area contributed by atoms with E-state index in [9.17, 15) is 9.59 Å². The maximum atomic E-state index is 13.1. The zero-order valence-corrected chi connectivity index (χ0v) is 20.8. The van der Waals surface area contributed by atoms with Crippen LogP contribution in [0.3, 0.4) is 0 Å². The number of likely N-dealkylation sites (tertiary alicyclic amines) is 2. The van der Waals surface area contributed by atoms with Gasteiger partial charge in [-0.3, -0.25) is 9.59 Å². The van der Waals surface area contributed by atoms with E-state index < -0.39 is 0 Å². The van der Waals surface area contributed by atoms with Crippen LogP contribution < -0.4 is 5.32 Å². The molecule has 2 amide bonds. The Hall–Kier alpha value is -2.25. The van der Waals surface area contributed by atoms with Crippen molar-refractivity contribution in [2.75, 3.05) is 39.3 Å². The van der Waals surface area contributed by atoms with E-state index >= 15 is 0 Å². The van der Waals surface area contributed by atoms with Gasteiger partial charge in [-0.25, -0.2) is 4.98 Å². The van der Waals surface area contributed by atoms with Gasteiger partial charge in [0, 0.05) is 31.6 Å². The van der Waals surface area contributed by atoms with Crippen molar-refractivity contribution in [3.05, 3.63) is 40.4 Å². The predicted octanol–water partition coefficient (Wildman–Crippen LogP) is 4.27. The van der Waals surface area contributed by atoms with E-state index in [0.29, 0.717) is 25.4 Å². The second-order valence-corrected chi connectivity index (χ2v) is 10.5. The second-order valence-electron chi connectivity index (χ2n) is 9.49. The molecule has 2 aliphatic rings. The minimum atomic E-state index is 0.0770. The Morgan fingerprint density at radius 1 is 1.06 bits per heavy atom. The first-order valence-electron chi connectivity index (χ1n) is 12.3. The van der Waals surface area contributed by atoms with Crippen LogP contribution in [0.2, 0.25) is 0 Å². The molecule has 0 bridgehead atoms. The number of carbonyl (C=O) groups excluding carboxylic acids is 2. The van der Waals surface area contributed by atoms with E-state index in [1.54, 1.807) is 0 Å². The first-order chi connectivity index (χ1) is 16.0. The summed E-state index contributed by atoms with van der Waals surface area (Å²) >= 11 is 1.48. The Kier molecular flexibility index (Phi) is 8.15. The topological polar surface area (TPSA) is 65.5 Å². The molecule has 6 nitrogen and oxygen atoms in total. The molecule has 1 aromatic heterocycles. The van der Waals surface area contributed by atoms with Crippen molar-refractivity contribution in [3.8, 4) is 10.6 Å². The number of benzene rings is 1. The van der Waals surface area contributed by atoms with Gasteiger partial charge in [-0.1, -0.05) is 29.8 Å². The van der Waals surface area contributed by atoms with E-state index in [0.717, 1.165) is 53.5 Å². The summed E-state index contributed by atoms with van der Waals surface area (Å²) in [7, 11) is 0. The Balaban J connectivity index is 1.21. The number of aromatic nitrogens is 1. The van der Waals surface area contributed by atoms with Crippen molar-refractivity contribution in [2.24, 2.45) is 5.92 Å². The summed E-state index contributed by atoms with van der Waals surface area (Å²) in [5, 5.41) is 3.99. The lowest BCUT2D eigenvalue weighted by Gasteiger charge is -2.31. The SMILES string of the molecule is Cc1ccc(-c2nc(C)c(C(=O)N3CCC(CC(=O)NCCCN4CCCC4)CC3)s2)cc1. The monoisotopic (exact) mass is 468 g/mol. The maximum absolute atomic E-state index is 13.1. The van der Waals surface area contributed by atoms with Crippen molar-refractivity contribution < 1.29 is 9.59 Å². The normalized spacial score (nSPS) is 17.5. The summed E-state index contributed by atoms with van der Waals surface area (Å²) in [6.45, 7) is 9.67. The number of nitrogens with one attached hydrogen (secondary N) is 1. The fraction of sp³-hybridized carbons (Fsp3) is 0.577. The molecule has 2 aromatic rings. The second kappa shape index (κ2) is 11.3. The molecule has 178 valence electrons. The first-order valence-corrected chi connectivity index (χ1v) is 13.1. The van der Waals surface area contributed by atoms with Crippen LogP contribution in [0.1, 0.15) is 59.5 Å². The molecule has 4 rings (SSSR count). The maximum Gasteiger partial charge on any atom is 0.265 e. The number of aryl methyl sites for hydroxylation is 2. The molecular weight excluding hydrogens is 432 g/mol. The summed E-state index contributed by atoms with van der Waals surface area (Å²) in [4.78, 5) is 35.3. The highest BCUT2D eigenvalue weighted by molar-refractivity contribution is 7.17. The minimum Gasteiger partial charge on any atom is -0.356 e. The zero-order valence-electron chi connectivity index (χ0n) is 19.9. The van der Waals surface area contributed by atoms with Crippen LogP contribution in [0.5, 0.6) is 0 Å². The molecule has 2 fully saturated rings. The molecule has 2 saturated heterocycles. The fourth-order valence-electron chi connectivity index (χ4n) is 4.77. The number of rotatable bonds is 8. The van der Waals surface area contributed by atoms with E-state index in [1.165, 1.54) is 42.8 Å². The average molecular weight is 469 g/mol. The lowest BCUT2D eigenvalue weighted by molar-refractivity contribution is -0.122. The molecule has 0 saturated carbocycles. The first kappa shape index (κ1) is 23.9. The van der Waals surface area contributed by atoms with Gasteiger partial charge >= 0.3 is 0 Å². The summed E-state index contributed by atoms with van der Waals surface area (Å²) in [5.74, 6) is 0.591. The van der Waals surface area contributed by atoms with Crippen LogP contribution in [-0.2, 0) is 4.79 Å². The molecule has 1 N–H and O–H groups in total. The van der Waals surface area contributed by atoms with Crippen molar-refractivity contribution in [1.82, 2.24) is 20.1 Å². The molecule has 2 aliphatic heterocycles. The van der Waals surface area contributed by atoms with Crippen molar-refractivity contribution in [3.63, 3.8) is 0 Å². The lowest BCUT2D eigenvalue weighted by atomic mass is 9.93. The number of hydrogen-bond donors (Lipinski definition) is 1. The van der Waals surface area contributed by atoms with Gasteiger partial charge in [0.1, 0.15) is 9.88 Å². The van der Waals surface area contributed by atoms with E-state index in [-0.39, 0.29) is 11.8 Å². The predicted molar refractivity (Wildman–Crippen MR) is 134 cm³/mol. The highest BCUT2D eigenvalue weighted by atomic mass is 32.1. The molecule has 1 aromatic carbocycles. The zero-order chi connectivity index (χ0) is 23.2. The highest BCUT2D eigenvalue weighted by Crippen LogP contribution is 2.30. The third-order valence-corrected chi connectivity index (χ3v) is 8.03. The van der Waals surface area contributed by atoms with Gasteiger partial charge in [0.15, 0.2) is 0 Å². The Labute approximate surface area is 201 Å². The Bertz CT molecular complexity index is 942. The number of nitrogens with zero attached hydrogens (tertiary/aromatic N) is 3. The number of hydrogen-bond acceptors (Lipinski definition) is 5. The van der Waals surface area contributed by atoms with Crippen LogP contribution in [0.15, 0.2) is 24.3 Å². The lowest BCUT2D eigenvalue weighted by Crippen LogP contribution is -2.39. The van der Waals surface area contributed by atoms with Crippen molar-refractivity contribution >= 4 is 23.2 Å². The third-order valence-electron chi connectivity index (χ3n) is 6.84. The molecular formula is C26H36N4O2S. The van der Waals surface area contributed by atoms with Crippen LogP contribution in [0.4, 0.5) is 0 Å². The van der Waals surface area contributed by atoms with Crippen molar-refractivity contribution in [1.29, 1.82) is 0 Å².